The van der Waals surface area contributed by atoms with Crippen LogP contribution in [-0.2, 0) is 43.6 Å². The van der Waals surface area contributed by atoms with Crippen LogP contribution in [0.4, 0.5) is 0 Å². The van der Waals surface area contributed by atoms with Gasteiger partial charge < -0.3 is 24.4 Å². The van der Waals surface area contributed by atoms with E-state index in [0.717, 1.165) is 42.4 Å². The highest BCUT2D eigenvalue weighted by atomic mass is 16.6. The third kappa shape index (κ3) is 7.24. The lowest BCUT2D eigenvalue weighted by atomic mass is 9.49. The van der Waals surface area contributed by atoms with Crippen LogP contribution >= 0.6 is 0 Å². The Kier molecular flexibility index (Phi) is 10.3. The molecule has 5 fully saturated rings. The van der Waals surface area contributed by atoms with Crippen LogP contribution < -0.4 is 5.32 Å². The molecule has 0 unspecified atom stereocenters. The van der Waals surface area contributed by atoms with Gasteiger partial charge in [-0.1, -0.05) is 97.9 Å². The number of piperidine rings is 1. The number of carbonyl (C=O) groups excluding carboxylic acids is 2. The molecule has 1 aliphatic heterocycles. The maximum atomic E-state index is 14.5. The molecule has 0 aromatic heterocycles. The minimum atomic E-state index is -0.864. The summed E-state index contributed by atoms with van der Waals surface area (Å²) in [6, 6.07) is 29.6. The molecular formula is C41H50N2O5. The quantitative estimate of drug-likeness (QED) is 0.210. The van der Waals surface area contributed by atoms with Crippen molar-refractivity contribution in [3.63, 3.8) is 0 Å². The van der Waals surface area contributed by atoms with Gasteiger partial charge in [-0.2, -0.15) is 0 Å². The van der Waals surface area contributed by atoms with E-state index >= 15 is 0 Å². The van der Waals surface area contributed by atoms with E-state index in [-0.39, 0.29) is 23.8 Å². The molecule has 3 aromatic carbocycles. The number of nitrogens with one attached hydrogen (secondary N) is 1. The predicted molar refractivity (Wildman–Crippen MR) is 184 cm³/mol. The first-order chi connectivity index (χ1) is 23.5. The van der Waals surface area contributed by atoms with E-state index in [1.165, 1.54) is 19.3 Å². The van der Waals surface area contributed by atoms with Gasteiger partial charge in [0.15, 0.2) is 6.10 Å². The minimum Gasteiger partial charge on any atom is -0.368 e. The van der Waals surface area contributed by atoms with E-state index in [4.69, 9.17) is 14.2 Å². The topological polar surface area (TPSA) is 77.1 Å². The molecule has 48 heavy (non-hydrogen) atoms. The summed E-state index contributed by atoms with van der Waals surface area (Å²) in [6.45, 7) is 3.89. The Bertz CT molecular complexity index is 1460. The van der Waals surface area contributed by atoms with Crippen LogP contribution in [0.2, 0.25) is 0 Å². The van der Waals surface area contributed by atoms with Crippen molar-refractivity contribution in [1.29, 1.82) is 0 Å². The van der Waals surface area contributed by atoms with Crippen molar-refractivity contribution in [2.75, 3.05) is 13.1 Å². The Balaban J connectivity index is 1.18. The van der Waals surface area contributed by atoms with Crippen molar-refractivity contribution in [2.24, 2.45) is 23.2 Å². The number of carbonyl (C=O) groups is 2. The Morgan fingerprint density at radius 3 is 1.65 bits per heavy atom. The maximum absolute atomic E-state index is 14.5. The Morgan fingerprint density at radius 1 is 0.708 bits per heavy atom. The number of amides is 2. The summed E-state index contributed by atoms with van der Waals surface area (Å²) in [5, 5.41) is 3.40. The molecule has 1 saturated heterocycles. The molecule has 0 spiro atoms. The molecule has 1 N–H and O–H groups in total. The molecule has 7 heteroatoms. The zero-order valence-electron chi connectivity index (χ0n) is 28.2. The largest absolute Gasteiger partial charge is 0.368 e. The van der Waals surface area contributed by atoms with Gasteiger partial charge in [0.2, 0.25) is 5.91 Å². The fourth-order valence-corrected chi connectivity index (χ4v) is 9.40. The molecule has 2 amide bonds. The smallest absolute Gasteiger partial charge is 0.254 e. The lowest BCUT2D eigenvalue weighted by molar-refractivity contribution is -0.208. The summed E-state index contributed by atoms with van der Waals surface area (Å²) in [5.41, 5.74) is 2.77. The van der Waals surface area contributed by atoms with Crippen LogP contribution in [0.3, 0.4) is 0 Å². The molecule has 4 bridgehead atoms. The van der Waals surface area contributed by atoms with Gasteiger partial charge in [-0.15, -0.1) is 0 Å². The Labute approximate surface area is 285 Å². The first kappa shape index (κ1) is 33.0. The number of ether oxygens (including phenoxy) is 3. The fraction of sp³-hybridized carbons (Fsp3) is 0.512. The minimum absolute atomic E-state index is 0.112. The number of hydrogen-bond donors (Lipinski definition) is 1. The highest BCUT2D eigenvalue weighted by Gasteiger charge is 2.55. The molecule has 5 aliphatic rings. The zero-order chi connectivity index (χ0) is 32.9. The Hall–Kier alpha value is -3.52. The second kappa shape index (κ2) is 14.9. The molecule has 1 heterocycles. The summed E-state index contributed by atoms with van der Waals surface area (Å²) in [7, 11) is 0. The lowest BCUT2D eigenvalue weighted by Crippen LogP contribution is -2.68. The van der Waals surface area contributed by atoms with Crippen LogP contribution in [0.25, 0.3) is 0 Å². The second-order valence-electron chi connectivity index (χ2n) is 14.7. The van der Waals surface area contributed by atoms with Gasteiger partial charge >= 0.3 is 0 Å². The molecular weight excluding hydrogens is 600 g/mol. The second-order valence-corrected chi connectivity index (χ2v) is 14.7. The van der Waals surface area contributed by atoms with Crippen LogP contribution in [-0.4, -0.2) is 54.2 Å². The Morgan fingerprint density at radius 2 is 1.17 bits per heavy atom. The monoisotopic (exact) mass is 650 g/mol. The van der Waals surface area contributed by atoms with Crippen molar-refractivity contribution in [2.45, 2.75) is 96.0 Å². The van der Waals surface area contributed by atoms with E-state index in [2.05, 4.69) is 12.2 Å². The van der Waals surface area contributed by atoms with Crippen molar-refractivity contribution >= 4 is 11.8 Å². The molecule has 8 rings (SSSR count). The highest BCUT2D eigenvalue weighted by Crippen LogP contribution is 2.60. The number of rotatable bonds is 14. The van der Waals surface area contributed by atoms with E-state index in [1.807, 2.05) is 95.9 Å². The predicted octanol–water partition coefficient (Wildman–Crippen LogP) is 6.70. The van der Waals surface area contributed by atoms with Crippen molar-refractivity contribution < 1.29 is 23.8 Å². The molecule has 0 radical (unpaired) electrons. The number of benzene rings is 3. The highest BCUT2D eigenvalue weighted by molar-refractivity contribution is 5.85. The van der Waals surface area contributed by atoms with Gasteiger partial charge in [0.05, 0.1) is 25.9 Å². The van der Waals surface area contributed by atoms with Gasteiger partial charge in [0.1, 0.15) is 12.2 Å². The maximum Gasteiger partial charge on any atom is 0.254 e. The number of likely N-dealkylation sites (tertiary alicyclic amines) is 1. The van der Waals surface area contributed by atoms with Gasteiger partial charge in [-0.3, -0.25) is 9.59 Å². The SMILES string of the molecule is CCCN1C(=O)[C@H](OCc2ccccc2)[C@H](OCc2ccccc2)[C@H](OCc2ccccc2)[C@H]1CNC(=O)C12CC3CC(CC(C3)C1)C2. The summed E-state index contributed by atoms with van der Waals surface area (Å²) < 4.78 is 20.0. The van der Waals surface area contributed by atoms with Crippen LogP contribution in [0, 0.1) is 23.2 Å². The van der Waals surface area contributed by atoms with Gasteiger partial charge in [0.25, 0.3) is 5.91 Å². The van der Waals surface area contributed by atoms with Crippen LogP contribution in [0.15, 0.2) is 91.0 Å². The molecule has 4 atom stereocenters. The summed E-state index contributed by atoms with van der Waals surface area (Å²) in [4.78, 5) is 30.6. The normalized spacial score (nSPS) is 30.8. The van der Waals surface area contributed by atoms with Crippen LogP contribution in [0.1, 0.15) is 68.6 Å². The van der Waals surface area contributed by atoms with E-state index in [1.54, 1.807) is 0 Å². The molecule has 254 valence electrons. The molecule has 3 aromatic rings. The van der Waals surface area contributed by atoms with E-state index in [9.17, 15) is 9.59 Å². The van der Waals surface area contributed by atoms with E-state index < -0.39 is 24.4 Å². The fourth-order valence-electron chi connectivity index (χ4n) is 9.40. The first-order valence-electron chi connectivity index (χ1n) is 18.1. The van der Waals surface area contributed by atoms with Gasteiger partial charge in [-0.05, 0) is 79.4 Å². The average molecular weight is 651 g/mol. The van der Waals surface area contributed by atoms with Gasteiger partial charge in [0, 0.05) is 18.5 Å². The number of nitrogens with zero attached hydrogens (tertiary/aromatic N) is 1. The van der Waals surface area contributed by atoms with Crippen molar-refractivity contribution in [3.05, 3.63) is 108 Å². The van der Waals surface area contributed by atoms with Crippen molar-refractivity contribution in [1.82, 2.24) is 10.2 Å². The molecule has 7 nitrogen and oxygen atoms in total. The lowest BCUT2D eigenvalue weighted by Gasteiger charge is -2.56. The van der Waals surface area contributed by atoms with Crippen LogP contribution in [0.5, 0.6) is 0 Å². The average Bonchev–Trinajstić information content (AvgIpc) is 3.10. The van der Waals surface area contributed by atoms with Gasteiger partial charge in [-0.25, -0.2) is 0 Å². The van der Waals surface area contributed by atoms with Crippen molar-refractivity contribution in [3.8, 4) is 0 Å². The third-order valence-electron chi connectivity index (χ3n) is 11.2. The first-order valence-corrected chi connectivity index (χ1v) is 18.1. The summed E-state index contributed by atoms with van der Waals surface area (Å²) in [5.74, 6) is 2.08. The molecule has 4 saturated carbocycles. The summed E-state index contributed by atoms with van der Waals surface area (Å²) >= 11 is 0. The third-order valence-corrected chi connectivity index (χ3v) is 11.2. The summed E-state index contributed by atoms with van der Waals surface area (Å²) in [6.07, 6.45) is 5.55. The van der Waals surface area contributed by atoms with E-state index in [0.29, 0.717) is 44.1 Å². The zero-order valence-corrected chi connectivity index (χ0v) is 28.2. The standard InChI is InChI=1S/C41H50N2O5/c1-2-18-43-35(25-42-40(45)41-22-32-19-33(23-41)21-34(20-32)24-41)36(46-26-29-12-6-3-7-13-29)37(47-27-30-14-8-4-9-15-30)38(39(43)44)48-28-31-16-10-5-11-17-31/h3-17,32-38H,2,18-28H2,1H3,(H,42,45)/t32?,33?,34?,35-,36-,37-,38-,41?/m1/s1. The number of hydrogen-bond acceptors (Lipinski definition) is 5. The molecule has 4 aliphatic carbocycles.